The number of nitrogens with one attached hydrogen (secondary N) is 1. The minimum atomic E-state index is -0.886. The first kappa shape index (κ1) is 11.2. The van der Waals surface area contributed by atoms with Gasteiger partial charge in [0.25, 0.3) is 0 Å². The van der Waals surface area contributed by atoms with Gasteiger partial charge in [-0.15, -0.1) is 5.10 Å². The summed E-state index contributed by atoms with van der Waals surface area (Å²) in [5, 5.41) is 26.7. The van der Waals surface area contributed by atoms with Crippen molar-refractivity contribution in [3.05, 3.63) is 11.9 Å². The van der Waals surface area contributed by atoms with Crippen LogP contribution in [0.15, 0.2) is 6.20 Å². The van der Waals surface area contributed by atoms with Gasteiger partial charge in [-0.05, 0) is 24.3 Å². The fourth-order valence-electron chi connectivity index (χ4n) is 1.58. The van der Waals surface area contributed by atoms with Gasteiger partial charge < -0.3 is 5.11 Å². The molecule has 2 rings (SSSR count). The highest BCUT2D eigenvalue weighted by molar-refractivity contribution is 5.67. The van der Waals surface area contributed by atoms with Crippen LogP contribution in [0.1, 0.15) is 25.1 Å². The molecule has 0 amide bonds. The second kappa shape index (κ2) is 4.32. The van der Waals surface area contributed by atoms with E-state index in [1.54, 1.807) is 13.1 Å². The largest absolute Gasteiger partial charge is 0.481 e. The molecule has 1 atom stereocenters. The molecule has 1 unspecified atom stereocenters. The third-order valence-electron chi connectivity index (χ3n) is 2.45. The van der Waals surface area contributed by atoms with E-state index in [0.29, 0.717) is 5.82 Å². The van der Waals surface area contributed by atoms with E-state index in [9.17, 15) is 4.79 Å². The maximum absolute atomic E-state index is 10.7. The Morgan fingerprint density at radius 3 is 3.00 bits per heavy atom. The highest BCUT2D eigenvalue weighted by atomic mass is 16.4. The molecule has 0 aliphatic heterocycles. The average Bonchev–Trinajstić information content (AvgIpc) is 2.83. The second-order valence-corrected chi connectivity index (χ2v) is 3.80. The second-order valence-electron chi connectivity index (χ2n) is 3.80. The standard InChI is InChI=1S/C9H12N6O2/c1-5(3-8(16)17)15-9(12-13-14-15)7-4-10-11-6(7)2/h4-5H,3H2,1-2H3,(H,10,11)(H,16,17). The number of aliphatic carboxylic acids is 1. The summed E-state index contributed by atoms with van der Waals surface area (Å²) in [6, 6.07) is -0.313. The van der Waals surface area contributed by atoms with E-state index in [-0.39, 0.29) is 12.5 Å². The van der Waals surface area contributed by atoms with Gasteiger partial charge in [-0.2, -0.15) is 5.10 Å². The number of aromatic nitrogens is 6. The lowest BCUT2D eigenvalue weighted by Crippen LogP contribution is -2.13. The molecule has 90 valence electrons. The quantitative estimate of drug-likeness (QED) is 0.795. The zero-order valence-corrected chi connectivity index (χ0v) is 9.45. The summed E-state index contributed by atoms with van der Waals surface area (Å²) in [5.74, 6) is -0.368. The Morgan fingerprint density at radius 1 is 1.65 bits per heavy atom. The van der Waals surface area contributed by atoms with Crippen molar-refractivity contribution in [1.29, 1.82) is 0 Å². The summed E-state index contributed by atoms with van der Waals surface area (Å²) in [4.78, 5) is 10.7. The number of carboxylic acids is 1. The van der Waals surface area contributed by atoms with Gasteiger partial charge in [-0.25, -0.2) is 4.68 Å². The van der Waals surface area contributed by atoms with Crippen LogP contribution in [0.25, 0.3) is 11.4 Å². The Morgan fingerprint density at radius 2 is 2.41 bits per heavy atom. The smallest absolute Gasteiger partial charge is 0.305 e. The minimum Gasteiger partial charge on any atom is -0.481 e. The molecule has 2 aromatic heterocycles. The van der Waals surface area contributed by atoms with E-state index in [0.717, 1.165) is 11.3 Å². The van der Waals surface area contributed by atoms with Crippen LogP contribution in [0.5, 0.6) is 0 Å². The molecular weight excluding hydrogens is 224 g/mol. The lowest BCUT2D eigenvalue weighted by Gasteiger charge is -2.10. The first-order valence-electron chi connectivity index (χ1n) is 5.09. The van der Waals surface area contributed by atoms with Crippen LogP contribution in [0.2, 0.25) is 0 Å². The molecule has 0 radical (unpaired) electrons. The van der Waals surface area contributed by atoms with Gasteiger partial charge in [0.05, 0.1) is 24.2 Å². The van der Waals surface area contributed by atoms with Crippen LogP contribution < -0.4 is 0 Å². The van der Waals surface area contributed by atoms with Crippen LogP contribution in [0, 0.1) is 6.92 Å². The Balaban J connectivity index is 2.35. The van der Waals surface area contributed by atoms with Crippen LogP contribution in [0.4, 0.5) is 0 Å². The van der Waals surface area contributed by atoms with Crippen LogP contribution in [-0.4, -0.2) is 41.5 Å². The van der Waals surface area contributed by atoms with Crippen molar-refractivity contribution in [2.75, 3.05) is 0 Å². The number of aromatic amines is 1. The third-order valence-corrected chi connectivity index (χ3v) is 2.45. The van der Waals surface area contributed by atoms with E-state index < -0.39 is 5.97 Å². The van der Waals surface area contributed by atoms with E-state index in [4.69, 9.17) is 5.11 Å². The molecule has 8 heteroatoms. The highest BCUT2D eigenvalue weighted by Crippen LogP contribution is 2.21. The molecule has 2 N–H and O–H groups in total. The molecule has 0 saturated heterocycles. The van der Waals surface area contributed by atoms with Gasteiger partial charge >= 0.3 is 5.97 Å². The Labute approximate surface area is 96.6 Å². The normalized spacial score (nSPS) is 12.6. The third kappa shape index (κ3) is 2.14. The first-order chi connectivity index (χ1) is 8.09. The molecule has 2 aromatic rings. The highest BCUT2D eigenvalue weighted by Gasteiger charge is 2.19. The SMILES string of the molecule is Cc1[nH]ncc1-c1nnnn1C(C)CC(=O)O. The van der Waals surface area contributed by atoms with E-state index >= 15 is 0 Å². The number of hydrogen-bond donors (Lipinski definition) is 2. The summed E-state index contributed by atoms with van der Waals surface area (Å²) in [6.45, 7) is 3.60. The maximum Gasteiger partial charge on any atom is 0.305 e. The molecule has 2 heterocycles. The van der Waals surface area contributed by atoms with Crippen molar-refractivity contribution < 1.29 is 9.90 Å². The molecule has 0 aromatic carbocycles. The van der Waals surface area contributed by atoms with Crippen LogP contribution >= 0.6 is 0 Å². The van der Waals surface area contributed by atoms with Crippen molar-refractivity contribution >= 4 is 5.97 Å². The summed E-state index contributed by atoms with van der Waals surface area (Å²) in [6.07, 6.45) is 1.58. The van der Waals surface area contributed by atoms with E-state index in [1.807, 2.05) is 6.92 Å². The number of carbonyl (C=O) groups is 1. The molecule has 0 aliphatic rings. The van der Waals surface area contributed by atoms with Crippen molar-refractivity contribution in [2.24, 2.45) is 0 Å². The zero-order valence-electron chi connectivity index (χ0n) is 9.45. The van der Waals surface area contributed by atoms with Crippen molar-refractivity contribution in [3.63, 3.8) is 0 Å². The van der Waals surface area contributed by atoms with Crippen molar-refractivity contribution in [2.45, 2.75) is 26.3 Å². The fraction of sp³-hybridized carbons (Fsp3) is 0.444. The maximum atomic E-state index is 10.7. The number of H-pyrrole nitrogens is 1. The molecule has 0 fully saturated rings. The lowest BCUT2D eigenvalue weighted by molar-refractivity contribution is -0.137. The molecule has 0 bridgehead atoms. The number of rotatable bonds is 4. The monoisotopic (exact) mass is 236 g/mol. The summed E-state index contributed by atoms with van der Waals surface area (Å²) >= 11 is 0. The van der Waals surface area contributed by atoms with Crippen LogP contribution in [-0.2, 0) is 4.79 Å². The number of tetrazole rings is 1. The van der Waals surface area contributed by atoms with Gasteiger partial charge in [0.1, 0.15) is 0 Å². The summed E-state index contributed by atoms with van der Waals surface area (Å²) < 4.78 is 1.49. The van der Waals surface area contributed by atoms with Crippen molar-refractivity contribution in [3.8, 4) is 11.4 Å². The van der Waals surface area contributed by atoms with Gasteiger partial charge in [0.2, 0.25) is 0 Å². The summed E-state index contributed by atoms with van der Waals surface area (Å²) in [5.41, 5.74) is 1.61. The molecule has 0 spiro atoms. The van der Waals surface area contributed by atoms with Gasteiger partial charge in [0, 0.05) is 5.69 Å². The van der Waals surface area contributed by atoms with Gasteiger partial charge in [0.15, 0.2) is 5.82 Å². The lowest BCUT2D eigenvalue weighted by atomic mass is 10.2. The zero-order chi connectivity index (χ0) is 12.4. The Kier molecular flexibility index (Phi) is 2.86. The molecule has 8 nitrogen and oxygen atoms in total. The number of carboxylic acid groups (broad SMARTS) is 1. The first-order valence-corrected chi connectivity index (χ1v) is 5.09. The van der Waals surface area contributed by atoms with Gasteiger partial charge in [-0.1, -0.05) is 0 Å². The molecule has 0 aliphatic carbocycles. The number of hydrogen-bond acceptors (Lipinski definition) is 5. The minimum absolute atomic E-state index is 0.0328. The average molecular weight is 236 g/mol. The predicted octanol–water partition coefficient (Wildman–Crippen LogP) is 0.407. The summed E-state index contributed by atoms with van der Waals surface area (Å²) in [7, 11) is 0. The number of nitrogens with zero attached hydrogens (tertiary/aromatic N) is 5. The number of aryl methyl sites for hydroxylation is 1. The van der Waals surface area contributed by atoms with Crippen LogP contribution in [0.3, 0.4) is 0 Å². The van der Waals surface area contributed by atoms with E-state index in [1.165, 1.54) is 4.68 Å². The molecular formula is C9H12N6O2. The van der Waals surface area contributed by atoms with Crippen molar-refractivity contribution in [1.82, 2.24) is 30.4 Å². The topological polar surface area (TPSA) is 110 Å². The Hall–Kier alpha value is -2.25. The molecule has 17 heavy (non-hydrogen) atoms. The fourth-order valence-corrected chi connectivity index (χ4v) is 1.58. The van der Waals surface area contributed by atoms with E-state index in [2.05, 4.69) is 25.7 Å². The predicted molar refractivity (Wildman–Crippen MR) is 57.1 cm³/mol. The van der Waals surface area contributed by atoms with Gasteiger partial charge in [-0.3, -0.25) is 9.89 Å². The molecule has 0 saturated carbocycles. The Bertz CT molecular complexity index is 531.